The highest BCUT2D eigenvalue weighted by molar-refractivity contribution is 5.68. The standard InChI is InChI=1S/C15H21F2N.C14H28N2.C14H27NO2.C12H19F6NO.C11H22O.C10H18F3N.C10H17F2NO.C8H15F2N/c1-12(2)14-8-9-18(11-15(14,16)17)10-13-6-4-3-5-7-13;1-12(2)13-6-9-16(10-7-13)11-14-5-4-8-15(14)3;1-13(2,3)11-7-9-15(10-8-11)12(16)17-14(4,5)6;1-8(2)9-3-5-19(6-4-9)7-10(20,11(13,14)15)12(16,17)18;1-10(2,3)9-6-7-12-11(4,5)8-9;1-8(2)9-3-5-14(6-4-9)7-10(11,12)13;1-9(2,3)8-4-5-13(7-14)6-10(8,11)12;1-6(2)7-3-4-11-5-8(7,9)10/h3-7,12,14H,8-11H2,1-2H3;12-14H,4-11H2,1-3H3;11H,7-10H2,1-6H3;8-9,20H,3-7H2,1-2H3;9H,6-8H2,1-5H3;8-9H,3-7H2,1-2H3;7-8H,4-6H2,1-3H3;6-7,11H,3-5H2,1-2H3/t;14-;;;;;;/m.0....../s1. The summed E-state index contributed by atoms with van der Waals surface area (Å²) in [6, 6.07) is 10.7. The van der Waals surface area contributed by atoms with Gasteiger partial charge in [0.25, 0.3) is 23.4 Å². The van der Waals surface area contributed by atoms with E-state index in [-0.39, 0.29) is 49.7 Å². The van der Waals surface area contributed by atoms with E-state index in [1.165, 1.54) is 69.6 Å². The largest absolute Gasteiger partial charge is 0.444 e. The number of hydrogen-bond donors (Lipinski definition) is 2. The third-order valence-electron chi connectivity index (χ3n) is 26.9. The van der Waals surface area contributed by atoms with Crippen LogP contribution in [0.5, 0.6) is 0 Å². The molecule has 0 saturated carbocycles. The van der Waals surface area contributed by atoms with E-state index in [2.05, 4.69) is 105 Å². The average molecular weight is 1770 g/mol. The van der Waals surface area contributed by atoms with Crippen molar-refractivity contribution in [2.75, 3.05) is 131 Å². The van der Waals surface area contributed by atoms with Crippen molar-refractivity contribution >= 4 is 12.5 Å². The third-order valence-corrected chi connectivity index (χ3v) is 26.9. The number of nitrogens with one attached hydrogen (secondary N) is 1. The van der Waals surface area contributed by atoms with Crippen LogP contribution in [0.1, 0.15) is 268 Å². The van der Waals surface area contributed by atoms with Gasteiger partial charge in [-0.05, 0) is 278 Å². The number of carbonyl (C=O) groups is 2. The first-order chi connectivity index (χ1) is 55.6. The Labute approximate surface area is 727 Å². The van der Waals surface area contributed by atoms with Crippen molar-refractivity contribution in [2.24, 2.45) is 93.2 Å². The molecule has 2 N–H and O–H groups in total. The van der Waals surface area contributed by atoms with Crippen LogP contribution in [0, 0.1) is 93.2 Å². The molecule has 9 heterocycles. The Bertz CT molecular complexity index is 3030. The molecule has 0 aromatic heterocycles. The van der Waals surface area contributed by atoms with Crippen LogP contribution >= 0.6 is 0 Å². The minimum Gasteiger partial charge on any atom is -0.444 e. The second kappa shape index (κ2) is 48.5. The Kier molecular flexibility index (Phi) is 44.8. The van der Waals surface area contributed by atoms with Gasteiger partial charge in [0, 0.05) is 69.7 Å². The van der Waals surface area contributed by atoms with Gasteiger partial charge in [0.15, 0.2) is 0 Å². The number of piperidine rings is 7. The number of alkyl halides is 15. The molecule has 0 radical (unpaired) electrons. The second-order valence-corrected chi connectivity index (χ2v) is 43.3. The van der Waals surface area contributed by atoms with Crippen LogP contribution < -0.4 is 5.32 Å². The lowest BCUT2D eigenvalue weighted by Gasteiger charge is -2.43. The van der Waals surface area contributed by atoms with E-state index in [1.807, 2.05) is 123 Å². The van der Waals surface area contributed by atoms with Crippen LogP contribution in [0.3, 0.4) is 0 Å². The van der Waals surface area contributed by atoms with E-state index in [1.54, 1.807) is 0 Å². The molecule has 9 aliphatic rings. The maximum absolute atomic E-state index is 14.0. The van der Waals surface area contributed by atoms with E-state index in [0.717, 1.165) is 97.6 Å². The SMILES string of the molecule is CC(C)(C)C1CCN(C=O)CC1(F)F.CC(C)(C)OC(=O)N1CCC(C(C)(C)C)CC1.CC(C)C1CCN(CC(F)(F)F)CC1.CC(C)C1CCN(CC(O)(C(F)(F)F)C(F)(F)F)CC1.CC(C)C1CCN(C[C@@H]2CCCN2C)CC1.CC(C)C1CCN(Cc2ccccc2)CC1(F)F.CC(C)C1CCNCC1(F)F.CC1(C)CC(C(C)(C)C)CCO1. The second-order valence-electron chi connectivity index (χ2n) is 43.3. The summed E-state index contributed by atoms with van der Waals surface area (Å²) in [5.74, 6) is -3.92. The molecule has 9 fully saturated rings. The quantitative estimate of drug-likeness (QED) is 0.146. The predicted octanol–water partition coefficient (Wildman–Crippen LogP) is 23.3. The van der Waals surface area contributed by atoms with Crippen molar-refractivity contribution in [3.05, 3.63) is 35.9 Å². The fraction of sp³-hybridized carbons (Fsp3) is 0.915. The summed E-state index contributed by atoms with van der Waals surface area (Å²) in [4.78, 5) is 34.9. The summed E-state index contributed by atoms with van der Waals surface area (Å²) in [6.45, 7) is 59.0. The monoisotopic (exact) mass is 1770 g/mol. The molecular formula is C94H167F15N8O5. The number of β-amino-alcohol motifs (C(OH)–C–C–N with tert-alkyl or cyclic N) is 1. The van der Waals surface area contributed by atoms with Crippen LogP contribution in [-0.4, -0.2) is 243 Å². The molecule has 4 unspecified atom stereocenters. The van der Waals surface area contributed by atoms with E-state index in [0.29, 0.717) is 105 Å². The first-order valence-electron chi connectivity index (χ1n) is 45.9. The maximum atomic E-state index is 14.0. The minimum absolute atomic E-state index is 0.0545. The number of halogens is 15. The van der Waals surface area contributed by atoms with Crippen molar-refractivity contribution < 1.29 is 90.0 Å². The van der Waals surface area contributed by atoms with Crippen LogP contribution in [0.4, 0.5) is 70.7 Å². The summed E-state index contributed by atoms with van der Waals surface area (Å²) in [7, 11) is 2.29. The first kappa shape index (κ1) is 113. The Morgan fingerprint density at radius 2 is 0.967 bits per heavy atom. The average Bonchev–Trinajstić information content (AvgIpc) is 0.807. The molecule has 10 rings (SSSR count). The van der Waals surface area contributed by atoms with E-state index in [4.69, 9.17) is 14.6 Å². The van der Waals surface area contributed by atoms with Gasteiger partial charge in [0.2, 0.25) is 6.41 Å². The lowest BCUT2D eigenvalue weighted by Crippen LogP contribution is -2.63. The molecule has 1 aromatic carbocycles. The number of aliphatic hydroxyl groups is 1. The highest BCUT2D eigenvalue weighted by Crippen LogP contribution is 2.47. The van der Waals surface area contributed by atoms with E-state index >= 15 is 0 Å². The zero-order chi connectivity index (χ0) is 93.4. The van der Waals surface area contributed by atoms with Crippen molar-refractivity contribution in [1.82, 2.24) is 39.6 Å². The number of carbonyl (C=O) groups excluding carboxylic acids is 2. The minimum atomic E-state index is -5.74. The molecule has 2 amide bonds. The highest BCUT2D eigenvalue weighted by Gasteiger charge is 2.71. The topological polar surface area (TPSA) is 108 Å². The number of ether oxygens (including phenoxy) is 2. The van der Waals surface area contributed by atoms with E-state index < -0.39 is 90.3 Å². The van der Waals surface area contributed by atoms with E-state index in [9.17, 15) is 75.4 Å². The number of hydrogen-bond acceptors (Lipinski definition) is 11. The van der Waals surface area contributed by atoms with Crippen LogP contribution in [-0.2, 0) is 20.8 Å². The molecule has 718 valence electrons. The molecule has 122 heavy (non-hydrogen) atoms. The van der Waals surface area contributed by atoms with Gasteiger partial charge in [-0.25, -0.2) is 31.1 Å². The van der Waals surface area contributed by atoms with Gasteiger partial charge in [-0.2, -0.15) is 39.5 Å². The molecule has 1 aromatic rings. The Morgan fingerprint density at radius 1 is 0.516 bits per heavy atom. The van der Waals surface area contributed by atoms with Gasteiger partial charge in [-0.3, -0.25) is 19.5 Å². The fourth-order valence-electron chi connectivity index (χ4n) is 18.6. The Balaban J connectivity index is 0.000000362. The normalized spacial score (nSPS) is 25.1. The van der Waals surface area contributed by atoms with Crippen molar-refractivity contribution in [3.63, 3.8) is 0 Å². The van der Waals surface area contributed by atoms with Gasteiger partial charge in [0.05, 0.1) is 31.8 Å². The molecule has 0 bridgehead atoms. The number of amides is 2. The van der Waals surface area contributed by atoms with Crippen LogP contribution in [0.2, 0.25) is 0 Å². The summed E-state index contributed by atoms with van der Waals surface area (Å²) >= 11 is 0. The summed E-state index contributed by atoms with van der Waals surface area (Å²) in [5, 5.41) is 11.8. The zero-order valence-corrected chi connectivity index (χ0v) is 79.7. The van der Waals surface area contributed by atoms with Crippen molar-refractivity contribution in [2.45, 2.75) is 328 Å². The molecule has 0 spiro atoms. The summed E-state index contributed by atoms with van der Waals surface area (Å²) in [6.07, 6.45) is -0.393. The maximum Gasteiger partial charge on any atom is 0.427 e. The zero-order valence-electron chi connectivity index (χ0n) is 79.7. The molecule has 9 saturated heterocycles. The number of likely N-dealkylation sites (N-methyl/N-ethyl adjacent to an activating group) is 1. The van der Waals surface area contributed by atoms with Crippen LogP contribution in [0.15, 0.2) is 30.3 Å². The smallest absolute Gasteiger partial charge is 0.427 e. The predicted molar refractivity (Wildman–Crippen MR) is 463 cm³/mol. The lowest BCUT2D eigenvalue weighted by atomic mass is 9.72. The number of rotatable bonds is 13. The molecular weight excluding hydrogens is 1610 g/mol. The number of benzene rings is 1. The molecule has 13 nitrogen and oxygen atoms in total. The molecule has 9 aliphatic heterocycles. The van der Waals surface area contributed by atoms with Gasteiger partial charge in [0.1, 0.15) is 5.60 Å². The fourth-order valence-corrected chi connectivity index (χ4v) is 18.6. The Morgan fingerprint density at radius 3 is 1.32 bits per heavy atom. The first-order valence-corrected chi connectivity index (χ1v) is 45.9. The molecule has 5 atom stereocenters. The lowest BCUT2D eigenvalue weighted by molar-refractivity contribution is -0.371. The highest BCUT2D eigenvalue weighted by atomic mass is 19.4. The molecule has 28 heteroatoms. The van der Waals surface area contributed by atoms with Gasteiger partial charge in [-0.1, -0.05) is 162 Å². The van der Waals surface area contributed by atoms with Crippen molar-refractivity contribution in [3.8, 4) is 0 Å². The summed E-state index contributed by atoms with van der Waals surface area (Å²) < 4.78 is 204. The van der Waals surface area contributed by atoms with Crippen molar-refractivity contribution in [1.29, 1.82) is 0 Å². The molecule has 0 aliphatic carbocycles. The van der Waals surface area contributed by atoms with Gasteiger partial charge in [-0.15, -0.1) is 0 Å². The number of nitrogens with zero attached hydrogens (tertiary/aromatic N) is 7. The van der Waals surface area contributed by atoms with Gasteiger partial charge >= 0.3 is 24.6 Å². The van der Waals surface area contributed by atoms with Crippen LogP contribution in [0.25, 0.3) is 0 Å². The summed E-state index contributed by atoms with van der Waals surface area (Å²) in [5.41, 5.74) is -3.45. The van der Waals surface area contributed by atoms with Gasteiger partial charge < -0.3 is 39.5 Å². The third kappa shape index (κ3) is 39.9. The Hall–Kier alpha value is -3.41. The number of likely N-dealkylation sites (tertiary alicyclic amines) is 7.